The molecule has 0 saturated carbocycles. The van der Waals surface area contributed by atoms with Gasteiger partial charge in [-0.15, -0.1) is 5.10 Å². The number of aromatic amines is 1. The monoisotopic (exact) mass is 447 g/mol. The van der Waals surface area contributed by atoms with Crippen molar-refractivity contribution in [1.82, 2.24) is 25.1 Å². The van der Waals surface area contributed by atoms with Crippen LogP contribution in [0.25, 0.3) is 28.0 Å². The number of carbonyl (C=O) groups is 1. The fourth-order valence-corrected chi connectivity index (χ4v) is 3.80. The lowest BCUT2D eigenvalue weighted by molar-refractivity contribution is 0.0706. The number of nitrogens with one attached hydrogen (secondary N) is 2. The van der Waals surface area contributed by atoms with Gasteiger partial charge in [-0.1, -0.05) is 25.1 Å². The predicted octanol–water partition coefficient (Wildman–Crippen LogP) is 3.53. The SMILES string of the molecule is CCCc1nc(C)c2c(=O)[nH]c(-c3cc(-c4ccc(C(=O)NO)cc4)ccc3OCC)nn12. The maximum atomic E-state index is 12.9. The summed E-state index contributed by atoms with van der Waals surface area (Å²) in [7, 11) is 0. The van der Waals surface area contributed by atoms with E-state index in [1.807, 2.05) is 25.1 Å². The summed E-state index contributed by atoms with van der Waals surface area (Å²) >= 11 is 0. The molecule has 0 unspecified atom stereocenters. The molecule has 0 aliphatic carbocycles. The molecule has 4 aromatic rings. The number of aryl methyl sites for hydroxylation is 2. The second-order valence-corrected chi connectivity index (χ2v) is 7.59. The first-order valence-corrected chi connectivity index (χ1v) is 10.8. The molecule has 0 spiro atoms. The van der Waals surface area contributed by atoms with E-state index in [4.69, 9.17) is 15.0 Å². The number of carbonyl (C=O) groups excluding carboxylic acids is 1. The number of amides is 1. The van der Waals surface area contributed by atoms with Crippen LogP contribution >= 0.6 is 0 Å². The minimum atomic E-state index is -0.581. The standard InChI is InChI=1S/C24H25N5O4/c1-4-6-20-25-14(3)21-24(31)26-22(27-29(20)21)18-13-17(11-12-19(18)33-5-2)15-7-9-16(10-8-15)23(30)28-32/h7-13,32H,4-6H2,1-3H3,(H,28,30)(H,26,27,31). The number of fused-ring (bicyclic) bond motifs is 1. The van der Waals surface area contributed by atoms with Gasteiger partial charge in [0.2, 0.25) is 0 Å². The molecule has 0 bridgehead atoms. The minimum Gasteiger partial charge on any atom is -0.493 e. The smallest absolute Gasteiger partial charge is 0.277 e. The molecule has 0 atom stereocenters. The van der Waals surface area contributed by atoms with E-state index in [9.17, 15) is 9.59 Å². The van der Waals surface area contributed by atoms with Crippen molar-refractivity contribution in [2.24, 2.45) is 0 Å². The molecule has 9 nitrogen and oxygen atoms in total. The number of hydrogen-bond donors (Lipinski definition) is 3. The summed E-state index contributed by atoms with van der Waals surface area (Å²) < 4.78 is 7.44. The lowest BCUT2D eigenvalue weighted by Gasteiger charge is -2.13. The highest BCUT2D eigenvalue weighted by Crippen LogP contribution is 2.33. The topological polar surface area (TPSA) is 122 Å². The van der Waals surface area contributed by atoms with Gasteiger partial charge in [-0.2, -0.15) is 0 Å². The zero-order valence-corrected chi connectivity index (χ0v) is 18.7. The second kappa shape index (κ2) is 9.25. The van der Waals surface area contributed by atoms with E-state index in [1.54, 1.807) is 41.2 Å². The molecule has 33 heavy (non-hydrogen) atoms. The Bertz CT molecular complexity index is 1370. The summed E-state index contributed by atoms with van der Waals surface area (Å²) in [5, 5.41) is 13.5. The first-order valence-electron chi connectivity index (χ1n) is 10.8. The average molecular weight is 447 g/mol. The van der Waals surface area contributed by atoms with Gasteiger partial charge in [0.25, 0.3) is 11.5 Å². The van der Waals surface area contributed by atoms with Gasteiger partial charge in [0.15, 0.2) is 11.3 Å². The molecule has 0 fully saturated rings. The van der Waals surface area contributed by atoms with Crippen molar-refractivity contribution < 1.29 is 14.7 Å². The van der Waals surface area contributed by atoms with Gasteiger partial charge >= 0.3 is 0 Å². The molecule has 2 aromatic carbocycles. The summed E-state index contributed by atoms with van der Waals surface area (Å²) in [4.78, 5) is 31.9. The third-order valence-corrected chi connectivity index (χ3v) is 5.33. The fourth-order valence-electron chi connectivity index (χ4n) is 3.80. The van der Waals surface area contributed by atoms with Gasteiger partial charge in [-0.3, -0.25) is 14.8 Å². The normalized spacial score (nSPS) is 11.0. The van der Waals surface area contributed by atoms with Crippen LogP contribution in [0.15, 0.2) is 47.3 Å². The van der Waals surface area contributed by atoms with Gasteiger partial charge in [-0.05, 0) is 55.7 Å². The van der Waals surface area contributed by atoms with Crippen molar-refractivity contribution in [3.05, 3.63) is 69.9 Å². The Morgan fingerprint density at radius 3 is 2.55 bits per heavy atom. The first kappa shape index (κ1) is 22.2. The number of ether oxygens (including phenoxy) is 1. The lowest BCUT2D eigenvalue weighted by Crippen LogP contribution is -2.18. The summed E-state index contributed by atoms with van der Waals surface area (Å²) in [5.74, 6) is 1.13. The zero-order valence-electron chi connectivity index (χ0n) is 18.7. The van der Waals surface area contributed by atoms with E-state index in [1.165, 1.54) is 0 Å². The number of benzene rings is 2. The highest BCUT2D eigenvalue weighted by molar-refractivity contribution is 5.93. The van der Waals surface area contributed by atoms with Crippen LogP contribution in [0.3, 0.4) is 0 Å². The highest BCUT2D eigenvalue weighted by Gasteiger charge is 2.17. The number of rotatable bonds is 7. The quantitative estimate of drug-likeness (QED) is 0.294. The lowest BCUT2D eigenvalue weighted by atomic mass is 10.0. The van der Waals surface area contributed by atoms with Crippen LogP contribution < -0.4 is 15.8 Å². The average Bonchev–Trinajstić information content (AvgIpc) is 3.15. The molecule has 1 amide bonds. The molecular formula is C24H25N5O4. The van der Waals surface area contributed by atoms with Crippen molar-refractivity contribution in [3.8, 4) is 28.3 Å². The van der Waals surface area contributed by atoms with Crippen LogP contribution in [0.1, 0.15) is 42.1 Å². The van der Waals surface area contributed by atoms with Crippen LogP contribution in [0.2, 0.25) is 0 Å². The summed E-state index contributed by atoms with van der Waals surface area (Å²) in [6, 6.07) is 12.4. The Morgan fingerprint density at radius 2 is 1.88 bits per heavy atom. The minimum absolute atomic E-state index is 0.264. The molecule has 0 aliphatic heterocycles. The Kier molecular flexibility index (Phi) is 6.23. The van der Waals surface area contributed by atoms with E-state index in [2.05, 4.69) is 16.9 Å². The van der Waals surface area contributed by atoms with Crippen LogP contribution in [0, 0.1) is 6.92 Å². The van der Waals surface area contributed by atoms with Crippen LogP contribution in [0.5, 0.6) is 5.75 Å². The van der Waals surface area contributed by atoms with Crippen LogP contribution in [-0.2, 0) is 6.42 Å². The molecule has 2 aromatic heterocycles. The van der Waals surface area contributed by atoms with E-state index < -0.39 is 5.91 Å². The number of aromatic nitrogens is 4. The molecule has 0 saturated heterocycles. The van der Waals surface area contributed by atoms with E-state index in [0.717, 1.165) is 23.4 Å². The Labute approximate surface area is 190 Å². The summed E-state index contributed by atoms with van der Waals surface area (Å²) in [5.41, 5.74) is 5.11. The molecule has 0 aliphatic rings. The molecular weight excluding hydrogens is 422 g/mol. The number of H-pyrrole nitrogens is 1. The Balaban J connectivity index is 1.86. The van der Waals surface area contributed by atoms with E-state index >= 15 is 0 Å². The number of hydroxylamine groups is 1. The van der Waals surface area contributed by atoms with E-state index in [-0.39, 0.29) is 5.56 Å². The molecule has 170 valence electrons. The highest BCUT2D eigenvalue weighted by atomic mass is 16.5. The number of hydrogen-bond acceptors (Lipinski definition) is 6. The van der Waals surface area contributed by atoms with Crippen molar-refractivity contribution in [2.45, 2.75) is 33.6 Å². The maximum absolute atomic E-state index is 12.9. The predicted molar refractivity (Wildman–Crippen MR) is 124 cm³/mol. The Hall–Kier alpha value is -3.98. The fraction of sp³-hybridized carbons (Fsp3) is 0.250. The molecule has 9 heteroatoms. The molecule has 4 rings (SSSR count). The second-order valence-electron chi connectivity index (χ2n) is 7.59. The van der Waals surface area contributed by atoms with Gasteiger partial charge in [-0.25, -0.2) is 15.0 Å². The van der Waals surface area contributed by atoms with Crippen molar-refractivity contribution in [3.63, 3.8) is 0 Å². The van der Waals surface area contributed by atoms with E-state index in [0.29, 0.717) is 46.9 Å². The molecule has 3 N–H and O–H groups in total. The summed E-state index contributed by atoms with van der Waals surface area (Å²) in [6.07, 6.45) is 1.59. The number of imidazole rings is 1. The third kappa shape index (κ3) is 4.22. The van der Waals surface area contributed by atoms with Gasteiger partial charge in [0.1, 0.15) is 11.6 Å². The van der Waals surface area contributed by atoms with Crippen LogP contribution in [0.4, 0.5) is 0 Å². The summed E-state index contributed by atoms with van der Waals surface area (Å²) in [6.45, 7) is 6.20. The van der Waals surface area contributed by atoms with Gasteiger partial charge in [0, 0.05) is 12.0 Å². The Morgan fingerprint density at radius 1 is 1.15 bits per heavy atom. The number of nitrogens with zero attached hydrogens (tertiary/aromatic N) is 3. The van der Waals surface area contributed by atoms with Crippen molar-refractivity contribution >= 4 is 11.4 Å². The first-order chi connectivity index (χ1) is 16.0. The maximum Gasteiger partial charge on any atom is 0.277 e. The third-order valence-electron chi connectivity index (χ3n) is 5.33. The molecule has 0 radical (unpaired) electrons. The van der Waals surface area contributed by atoms with Crippen LogP contribution in [-0.4, -0.2) is 37.3 Å². The zero-order chi connectivity index (χ0) is 23.5. The van der Waals surface area contributed by atoms with Gasteiger partial charge in [0.05, 0.1) is 17.9 Å². The van der Waals surface area contributed by atoms with Crippen molar-refractivity contribution in [2.75, 3.05) is 6.61 Å². The molecule has 2 heterocycles. The van der Waals surface area contributed by atoms with Crippen molar-refractivity contribution in [1.29, 1.82) is 0 Å². The largest absolute Gasteiger partial charge is 0.493 e. The van der Waals surface area contributed by atoms with Gasteiger partial charge < -0.3 is 9.72 Å².